The van der Waals surface area contributed by atoms with E-state index in [2.05, 4.69) is 20.3 Å². The summed E-state index contributed by atoms with van der Waals surface area (Å²) in [4.78, 5) is 4.03. The van der Waals surface area contributed by atoms with E-state index in [1.54, 1.807) is 6.92 Å². The quantitative estimate of drug-likeness (QED) is 0.684. The van der Waals surface area contributed by atoms with Gasteiger partial charge in [0.15, 0.2) is 11.5 Å². The summed E-state index contributed by atoms with van der Waals surface area (Å²) < 4.78 is 4.92. The van der Waals surface area contributed by atoms with Crippen LogP contribution in [0.5, 0.6) is 0 Å². The van der Waals surface area contributed by atoms with Gasteiger partial charge < -0.3 is 4.52 Å². The number of hydrogen-bond acceptors (Lipinski definition) is 4. The maximum Gasteiger partial charge on any atom is 0.278 e. The molecule has 12 heavy (non-hydrogen) atoms. The molecule has 0 radical (unpaired) electrons. The van der Waals surface area contributed by atoms with Crippen LogP contribution < -0.4 is 0 Å². The van der Waals surface area contributed by atoms with Crippen molar-refractivity contribution in [3.05, 3.63) is 17.6 Å². The van der Waals surface area contributed by atoms with Crippen molar-refractivity contribution >= 4 is 0 Å². The number of hydrogen-bond donors (Lipinski definition) is 1. The van der Waals surface area contributed by atoms with Gasteiger partial charge in [-0.1, -0.05) is 5.16 Å². The molecule has 0 saturated carbocycles. The first-order chi connectivity index (χ1) is 5.75. The second kappa shape index (κ2) is 2.44. The Hall–Kier alpha value is -1.65. The van der Waals surface area contributed by atoms with E-state index in [0.29, 0.717) is 17.4 Å². The Balaban J connectivity index is 2.43. The van der Waals surface area contributed by atoms with Gasteiger partial charge in [-0.05, 0) is 19.9 Å². The highest BCUT2D eigenvalue weighted by molar-refractivity contribution is 5.46. The van der Waals surface area contributed by atoms with Crippen molar-refractivity contribution in [1.82, 2.24) is 20.3 Å². The largest absolute Gasteiger partial charge is 0.332 e. The zero-order valence-corrected chi connectivity index (χ0v) is 6.83. The third-order valence-corrected chi connectivity index (χ3v) is 1.45. The number of aromatic amines is 1. The van der Waals surface area contributed by atoms with Gasteiger partial charge in [0.1, 0.15) is 0 Å². The summed E-state index contributed by atoms with van der Waals surface area (Å²) >= 11 is 0. The van der Waals surface area contributed by atoms with Crippen molar-refractivity contribution in [3.63, 3.8) is 0 Å². The van der Waals surface area contributed by atoms with Crippen molar-refractivity contribution in [2.24, 2.45) is 0 Å². The van der Waals surface area contributed by atoms with E-state index in [-0.39, 0.29) is 0 Å². The van der Waals surface area contributed by atoms with Gasteiger partial charge in [-0.2, -0.15) is 10.1 Å². The summed E-state index contributed by atoms with van der Waals surface area (Å²) in [5, 5.41) is 10.4. The molecule has 0 fully saturated rings. The van der Waals surface area contributed by atoms with E-state index >= 15 is 0 Å². The van der Waals surface area contributed by atoms with Crippen molar-refractivity contribution in [2.75, 3.05) is 0 Å². The van der Waals surface area contributed by atoms with Gasteiger partial charge >= 0.3 is 0 Å². The number of nitrogens with zero attached hydrogens (tertiary/aromatic N) is 3. The smallest absolute Gasteiger partial charge is 0.278 e. The molecule has 62 valence electrons. The Bertz CT molecular complexity index is 351. The number of aryl methyl sites for hydroxylation is 2. The summed E-state index contributed by atoms with van der Waals surface area (Å²) in [6.07, 6.45) is 0. The molecule has 2 aromatic heterocycles. The summed E-state index contributed by atoms with van der Waals surface area (Å²) in [7, 11) is 0. The molecule has 5 nitrogen and oxygen atoms in total. The van der Waals surface area contributed by atoms with Gasteiger partial charge in [0, 0.05) is 5.69 Å². The van der Waals surface area contributed by atoms with Crippen LogP contribution in [-0.4, -0.2) is 20.3 Å². The normalized spacial score (nSPS) is 10.5. The fourth-order valence-electron chi connectivity index (χ4n) is 0.929. The highest BCUT2D eigenvalue weighted by atomic mass is 16.5. The maximum atomic E-state index is 4.92. The fourth-order valence-corrected chi connectivity index (χ4v) is 0.929. The topological polar surface area (TPSA) is 67.6 Å². The minimum Gasteiger partial charge on any atom is -0.332 e. The van der Waals surface area contributed by atoms with Crippen LogP contribution in [0.25, 0.3) is 11.6 Å². The number of rotatable bonds is 1. The Morgan fingerprint density at radius 2 is 2.25 bits per heavy atom. The van der Waals surface area contributed by atoms with E-state index in [4.69, 9.17) is 4.52 Å². The molecule has 5 heteroatoms. The first-order valence-electron chi connectivity index (χ1n) is 3.58. The molecule has 2 rings (SSSR count). The van der Waals surface area contributed by atoms with Gasteiger partial charge in [0.2, 0.25) is 0 Å². The van der Waals surface area contributed by atoms with Crippen molar-refractivity contribution in [1.29, 1.82) is 0 Å². The van der Waals surface area contributed by atoms with Gasteiger partial charge in [-0.15, -0.1) is 0 Å². The molecule has 0 saturated heterocycles. The molecular formula is C7H8N4O. The van der Waals surface area contributed by atoms with Gasteiger partial charge in [0.25, 0.3) is 5.89 Å². The van der Waals surface area contributed by atoms with E-state index in [0.717, 1.165) is 5.69 Å². The molecular weight excluding hydrogens is 156 g/mol. The van der Waals surface area contributed by atoms with Gasteiger partial charge in [-0.25, -0.2) is 0 Å². The molecule has 0 spiro atoms. The predicted octanol–water partition coefficient (Wildman–Crippen LogP) is 1.08. The van der Waals surface area contributed by atoms with Gasteiger partial charge in [-0.3, -0.25) is 5.10 Å². The molecule has 0 aliphatic carbocycles. The first kappa shape index (κ1) is 7.02. The van der Waals surface area contributed by atoms with E-state index < -0.39 is 0 Å². The molecule has 0 aromatic carbocycles. The molecule has 0 aliphatic heterocycles. The van der Waals surface area contributed by atoms with E-state index in [9.17, 15) is 0 Å². The fraction of sp³-hybridized carbons (Fsp3) is 0.286. The monoisotopic (exact) mass is 164 g/mol. The average Bonchev–Trinajstić information content (AvgIpc) is 2.58. The molecule has 0 aliphatic rings. The van der Waals surface area contributed by atoms with Crippen LogP contribution in [0, 0.1) is 13.8 Å². The van der Waals surface area contributed by atoms with Crippen LogP contribution in [-0.2, 0) is 0 Å². The van der Waals surface area contributed by atoms with Crippen LogP contribution in [0.4, 0.5) is 0 Å². The van der Waals surface area contributed by atoms with E-state index in [1.807, 2.05) is 13.0 Å². The van der Waals surface area contributed by atoms with Gasteiger partial charge in [0.05, 0.1) is 0 Å². The first-order valence-corrected chi connectivity index (χ1v) is 3.58. The van der Waals surface area contributed by atoms with Crippen LogP contribution in [0.2, 0.25) is 0 Å². The summed E-state index contributed by atoms with van der Waals surface area (Å²) in [5.41, 5.74) is 1.66. The average molecular weight is 164 g/mol. The molecule has 0 bridgehead atoms. The number of nitrogens with one attached hydrogen (secondary N) is 1. The zero-order chi connectivity index (χ0) is 8.55. The summed E-state index contributed by atoms with van der Waals surface area (Å²) in [6, 6.07) is 1.85. The molecule has 2 aromatic rings. The molecule has 2 heterocycles. The molecule has 0 unspecified atom stereocenters. The predicted molar refractivity (Wildman–Crippen MR) is 41.4 cm³/mol. The summed E-state index contributed by atoms with van der Waals surface area (Å²) in [5.74, 6) is 1.07. The lowest BCUT2D eigenvalue weighted by Gasteiger charge is -1.79. The third kappa shape index (κ3) is 1.09. The zero-order valence-electron chi connectivity index (χ0n) is 6.83. The molecule has 1 N–H and O–H groups in total. The minimum atomic E-state index is 0.455. The van der Waals surface area contributed by atoms with E-state index in [1.165, 1.54) is 0 Å². The lowest BCUT2D eigenvalue weighted by atomic mass is 10.4. The van der Waals surface area contributed by atoms with Crippen molar-refractivity contribution in [2.45, 2.75) is 13.8 Å². The minimum absolute atomic E-state index is 0.455. The Labute approximate surface area is 68.8 Å². The highest BCUT2D eigenvalue weighted by Gasteiger charge is 2.08. The Morgan fingerprint density at radius 1 is 1.42 bits per heavy atom. The second-order valence-electron chi connectivity index (χ2n) is 2.58. The van der Waals surface area contributed by atoms with Crippen LogP contribution in [0.1, 0.15) is 11.5 Å². The van der Waals surface area contributed by atoms with Crippen molar-refractivity contribution in [3.8, 4) is 11.6 Å². The molecule has 0 atom stereocenters. The maximum absolute atomic E-state index is 4.92. The SMILES string of the molecule is Cc1noc(-c2cc(C)[nH]n2)n1. The Morgan fingerprint density at radius 3 is 2.75 bits per heavy atom. The van der Waals surface area contributed by atoms with Crippen LogP contribution in [0.15, 0.2) is 10.6 Å². The van der Waals surface area contributed by atoms with Crippen LogP contribution in [0.3, 0.4) is 0 Å². The Kier molecular flexibility index (Phi) is 1.43. The number of aromatic nitrogens is 4. The molecule has 0 amide bonds. The lowest BCUT2D eigenvalue weighted by Crippen LogP contribution is -1.77. The summed E-state index contributed by atoms with van der Waals surface area (Å²) in [6.45, 7) is 3.69. The third-order valence-electron chi connectivity index (χ3n) is 1.45. The second-order valence-corrected chi connectivity index (χ2v) is 2.58. The number of H-pyrrole nitrogens is 1. The van der Waals surface area contributed by atoms with Crippen molar-refractivity contribution < 1.29 is 4.52 Å². The highest BCUT2D eigenvalue weighted by Crippen LogP contribution is 2.13. The van der Waals surface area contributed by atoms with Crippen LogP contribution >= 0.6 is 0 Å². The standard InChI is InChI=1S/C7H8N4O/c1-4-3-6(10-9-4)7-8-5(2)11-12-7/h3H,1-2H3,(H,9,10). The lowest BCUT2D eigenvalue weighted by molar-refractivity contribution is 0.424.